The summed E-state index contributed by atoms with van der Waals surface area (Å²) >= 11 is 1.19. The summed E-state index contributed by atoms with van der Waals surface area (Å²) in [6, 6.07) is 11.5. The van der Waals surface area contributed by atoms with Crippen LogP contribution in [0.2, 0.25) is 0 Å². The largest absolute Gasteiger partial charge is 0.342 e. The molecule has 0 saturated carbocycles. The quantitative estimate of drug-likeness (QED) is 0.258. The Morgan fingerprint density at radius 3 is 2.43 bits per heavy atom. The number of carbonyl (C=O) groups is 2. The van der Waals surface area contributed by atoms with Gasteiger partial charge in [0.1, 0.15) is 0 Å². The number of hydrogen-bond acceptors (Lipinski definition) is 7. The highest BCUT2D eigenvalue weighted by Gasteiger charge is 2.25. The van der Waals surface area contributed by atoms with Gasteiger partial charge in [-0.3, -0.25) is 19.7 Å². The molecule has 2 aromatic carbocycles. The fourth-order valence-electron chi connectivity index (χ4n) is 3.39. The second-order valence-corrected chi connectivity index (χ2v) is 9.50. The molecule has 0 spiro atoms. The molecule has 10 nitrogen and oxygen atoms in total. The van der Waals surface area contributed by atoms with E-state index in [0.717, 1.165) is 5.56 Å². The molecular formula is C24H28N6O4S. The number of nitrogens with zero attached hydrogens (tertiary/aromatic N) is 4. The Bertz CT molecular complexity index is 1240. The van der Waals surface area contributed by atoms with E-state index in [9.17, 15) is 19.7 Å². The number of carbonyl (C=O) groups excluding carboxylic acids is 2. The number of thioether (sulfide) groups is 1. The van der Waals surface area contributed by atoms with Gasteiger partial charge in [0, 0.05) is 29.9 Å². The zero-order valence-corrected chi connectivity index (χ0v) is 21.0. The van der Waals surface area contributed by atoms with Crippen molar-refractivity contribution in [1.29, 1.82) is 0 Å². The van der Waals surface area contributed by atoms with Crippen LogP contribution in [-0.4, -0.2) is 37.3 Å². The van der Waals surface area contributed by atoms with Gasteiger partial charge in [-0.05, 0) is 38.0 Å². The third kappa shape index (κ3) is 6.44. The Balaban J connectivity index is 1.66. The molecule has 184 valence electrons. The highest BCUT2D eigenvalue weighted by Crippen LogP contribution is 2.25. The number of anilines is 1. The van der Waals surface area contributed by atoms with Crippen LogP contribution in [0.4, 0.5) is 11.4 Å². The molecule has 0 bridgehead atoms. The zero-order chi connectivity index (χ0) is 25.7. The smallest absolute Gasteiger partial charge is 0.274 e. The number of benzene rings is 2. The summed E-state index contributed by atoms with van der Waals surface area (Å²) in [4.78, 5) is 35.8. The molecule has 3 rings (SSSR count). The van der Waals surface area contributed by atoms with Gasteiger partial charge >= 0.3 is 0 Å². The summed E-state index contributed by atoms with van der Waals surface area (Å²) < 4.78 is 1.76. The van der Waals surface area contributed by atoms with Crippen LogP contribution in [0.15, 0.2) is 47.6 Å². The maximum atomic E-state index is 12.8. The lowest BCUT2D eigenvalue weighted by atomic mass is 10.0. The van der Waals surface area contributed by atoms with Crippen LogP contribution in [0.25, 0.3) is 0 Å². The summed E-state index contributed by atoms with van der Waals surface area (Å²) in [5.74, 6) is 0.136. The van der Waals surface area contributed by atoms with Crippen molar-refractivity contribution in [3.05, 3.63) is 75.1 Å². The first-order chi connectivity index (χ1) is 16.6. The molecule has 0 aliphatic heterocycles. The Morgan fingerprint density at radius 2 is 1.80 bits per heavy atom. The number of nitrogens with one attached hydrogen (secondary N) is 2. The topological polar surface area (TPSA) is 132 Å². The fraction of sp³-hybridized carbons (Fsp3) is 0.333. The molecule has 0 saturated heterocycles. The van der Waals surface area contributed by atoms with E-state index < -0.39 is 4.92 Å². The molecule has 0 unspecified atom stereocenters. The van der Waals surface area contributed by atoms with E-state index in [1.807, 2.05) is 32.9 Å². The van der Waals surface area contributed by atoms with Gasteiger partial charge in [-0.15, -0.1) is 10.2 Å². The number of amides is 2. The maximum absolute atomic E-state index is 12.8. The van der Waals surface area contributed by atoms with Crippen molar-refractivity contribution in [2.45, 2.75) is 38.9 Å². The van der Waals surface area contributed by atoms with Crippen molar-refractivity contribution in [2.75, 3.05) is 11.1 Å². The van der Waals surface area contributed by atoms with Crippen LogP contribution >= 0.6 is 11.8 Å². The third-order valence-electron chi connectivity index (χ3n) is 5.44. The molecule has 2 N–H and O–H groups in total. The molecule has 0 aliphatic rings. The first-order valence-electron chi connectivity index (χ1n) is 11.0. The summed E-state index contributed by atoms with van der Waals surface area (Å²) in [6.45, 7) is 7.56. The minimum atomic E-state index is -0.483. The lowest BCUT2D eigenvalue weighted by molar-refractivity contribution is -0.385. The van der Waals surface area contributed by atoms with E-state index in [4.69, 9.17) is 0 Å². The summed E-state index contributed by atoms with van der Waals surface area (Å²) in [7, 11) is 1.78. The molecule has 11 heteroatoms. The molecule has 1 aromatic heterocycles. The predicted molar refractivity (Wildman–Crippen MR) is 134 cm³/mol. The Morgan fingerprint density at radius 1 is 1.11 bits per heavy atom. The van der Waals surface area contributed by atoms with Gasteiger partial charge in [0.15, 0.2) is 11.0 Å². The van der Waals surface area contributed by atoms with Crippen LogP contribution < -0.4 is 10.6 Å². The van der Waals surface area contributed by atoms with Crippen molar-refractivity contribution in [2.24, 2.45) is 13.0 Å². The molecule has 1 heterocycles. The molecule has 0 fully saturated rings. The number of aromatic nitrogens is 3. The zero-order valence-electron chi connectivity index (χ0n) is 20.2. The van der Waals surface area contributed by atoms with Crippen molar-refractivity contribution < 1.29 is 14.5 Å². The summed E-state index contributed by atoms with van der Waals surface area (Å²) in [5.41, 5.74) is 2.45. The molecule has 35 heavy (non-hydrogen) atoms. The van der Waals surface area contributed by atoms with E-state index in [2.05, 4.69) is 20.8 Å². The predicted octanol–water partition coefficient (Wildman–Crippen LogP) is 4.20. The number of nitro groups is 1. The highest BCUT2D eigenvalue weighted by molar-refractivity contribution is 7.99. The first-order valence-corrected chi connectivity index (χ1v) is 12.0. The van der Waals surface area contributed by atoms with Gasteiger partial charge in [-0.25, -0.2) is 0 Å². The Labute approximate surface area is 207 Å². The van der Waals surface area contributed by atoms with E-state index in [1.165, 1.54) is 17.8 Å². The van der Waals surface area contributed by atoms with Crippen molar-refractivity contribution >= 4 is 35.0 Å². The van der Waals surface area contributed by atoms with E-state index >= 15 is 0 Å². The van der Waals surface area contributed by atoms with Gasteiger partial charge < -0.3 is 15.2 Å². The molecular weight excluding hydrogens is 468 g/mol. The molecule has 3 aromatic rings. The molecule has 1 atom stereocenters. The lowest BCUT2D eigenvalue weighted by Crippen LogP contribution is -2.33. The summed E-state index contributed by atoms with van der Waals surface area (Å²) in [5, 5.41) is 25.8. The highest BCUT2D eigenvalue weighted by atomic mass is 32.2. The van der Waals surface area contributed by atoms with Crippen molar-refractivity contribution in [3.8, 4) is 0 Å². The number of rotatable bonds is 9. The average Bonchev–Trinajstić information content (AvgIpc) is 3.17. The number of nitro benzene ring substituents is 1. The van der Waals surface area contributed by atoms with Gasteiger partial charge in [0.2, 0.25) is 5.91 Å². The van der Waals surface area contributed by atoms with E-state index in [1.54, 1.807) is 42.8 Å². The summed E-state index contributed by atoms with van der Waals surface area (Å²) in [6.07, 6.45) is 0. The molecule has 0 aliphatic carbocycles. The minimum absolute atomic E-state index is 0.0374. The Kier molecular flexibility index (Phi) is 8.23. The van der Waals surface area contributed by atoms with Crippen molar-refractivity contribution in [1.82, 2.24) is 20.1 Å². The minimum Gasteiger partial charge on any atom is -0.342 e. The lowest BCUT2D eigenvalue weighted by Gasteiger charge is -2.21. The molecule has 2 amide bonds. The second kappa shape index (κ2) is 11.1. The SMILES string of the molecule is Cc1ccc(C(=O)N[C@H](c2nnc(SCC(=O)Nc3ccc(C)c([N+](=O)[O-])c3)n2C)C(C)C)cc1. The maximum Gasteiger partial charge on any atom is 0.274 e. The van der Waals surface area contributed by atoms with Gasteiger partial charge in [0.25, 0.3) is 11.6 Å². The van der Waals surface area contributed by atoms with Crippen molar-refractivity contribution in [3.63, 3.8) is 0 Å². The number of hydrogen-bond donors (Lipinski definition) is 2. The standard InChI is InChI=1S/C24H28N6O4S/c1-14(2)21(26-23(32)17-9-6-15(3)7-10-17)22-27-28-24(29(22)5)35-13-20(31)25-18-11-8-16(4)19(12-18)30(33)34/h6-12,14,21H,13H2,1-5H3,(H,25,31)(H,26,32)/t21-/m0/s1. The van der Waals surface area contributed by atoms with Crippen LogP contribution in [0.1, 0.15) is 47.2 Å². The third-order valence-corrected chi connectivity index (χ3v) is 6.46. The molecule has 0 radical (unpaired) electrons. The van der Waals surface area contributed by atoms with E-state index in [0.29, 0.717) is 27.8 Å². The van der Waals surface area contributed by atoms with Crippen LogP contribution in [-0.2, 0) is 11.8 Å². The van der Waals surface area contributed by atoms with Gasteiger partial charge in [0.05, 0.1) is 16.7 Å². The van der Waals surface area contributed by atoms with Crippen LogP contribution in [0.3, 0.4) is 0 Å². The fourth-order valence-corrected chi connectivity index (χ4v) is 4.11. The van der Waals surface area contributed by atoms with Gasteiger partial charge in [-0.1, -0.05) is 49.4 Å². The Hall–Kier alpha value is -3.73. The van der Waals surface area contributed by atoms with Gasteiger partial charge in [-0.2, -0.15) is 0 Å². The normalized spacial score (nSPS) is 11.8. The monoisotopic (exact) mass is 496 g/mol. The first kappa shape index (κ1) is 25.9. The van der Waals surface area contributed by atoms with E-state index in [-0.39, 0.29) is 35.2 Å². The second-order valence-electron chi connectivity index (χ2n) is 8.56. The number of aryl methyl sites for hydroxylation is 2. The van der Waals surface area contributed by atoms with Crippen LogP contribution in [0, 0.1) is 29.9 Å². The average molecular weight is 497 g/mol. The van der Waals surface area contributed by atoms with Crippen LogP contribution in [0.5, 0.6) is 0 Å².